The molecule has 4 unspecified atom stereocenters. The number of aliphatic hydroxyl groups excluding tert-OH is 16. The van der Waals surface area contributed by atoms with Crippen LogP contribution in [-0.2, 0) is 128 Å². The number of epoxide rings is 1. The van der Waals surface area contributed by atoms with Crippen LogP contribution in [0.5, 0.6) is 0 Å². The highest BCUT2D eigenvalue weighted by Crippen LogP contribution is 2.43. The van der Waals surface area contributed by atoms with E-state index < -0.39 is 226 Å². The van der Waals surface area contributed by atoms with E-state index in [9.17, 15) is 89.4 Å². The lowest BCUT2D eigenvalue weighted by atomic mass is 9.84. The van der Waals surface area contributed by atoms with E-state index in [4.69, 9.17) is 142 Å². The normalized spacial score (nSPS) is 36.2. The van der Waals surface area contributed by atoms with E-state index in [1.165, 1.54) is 69.1 Å². The first-order valence-corrected chi connectivity index (χ1v) is 40.8. The molecule has 0 radical (unpaired) electrons. The first-order valence-electron chi connectivity index (χ1n) is 40.8. The van der Waals surface area contributed by atoms with Crippen LogP contribution in [0.15, 0.2) is 16.8 Å². The summed E-state index contributed by atoms with van der Waals surface area (Å²) < 4.78 is 93.8. The second-order valence-electron chi connectivity index (χ2n) is 30.8. The number of fused-ring (bicyclic) bond motifs is 7. The standard InChI is InChI=1S/C17H23NO9.C12H22O8.C11H20O8.C9H17NO5.C9H15NO4.C8H11NO4.C7H15NO4.C2H4O2.3CH4O.ClH/c1-8-18-14-11(25-8)6-12(17(21)23-5)27-16(14)15(22-4)13(26-10(3)20)7-24-9(2)19;1-6-7(14)4-12(17,11(16)19-3)20-9(6)10(18-2)8(15)5-13;1-5-6(13)3-11(17,10(15)16)19-8(5)9(18-2)7(14)4-12;1-4-6(3-11)15-9(14)7(8(4)13)10-5(2)12;1-4-6-3-13-9(14-6)7(8(4)12)10-5(2)11;1-3(10)9-5-7-6(13-7)4-2-11-8(5)12-4;1-3-4(2-9)12-7(11)5(8)6(3)10;1-2(3)4;3*1-2;/h6,11,13-16H,7H2,1-5H3;6-10,13-15,17H,4-5H2,1-3H3;5-9,12-14,17H,3-4H2,1-2H3,(H,15,16);4,6-9,11,13-14H,3H2,1-2H3,(H,10,12);4,6-9,12H,3H2,1-2H3,(H,10,11);4-8H,2H2,1H3,(H,9,10);3-7,9-11H,2,8H2,1H3;1H3,(H,3,4);3*2H,1H3;1H/t11-,13-,14-,15-,16-;6-,7+,8-,9-,10-,12?;5-,6+,7-,8-,9-,11?;4-,6-,7+,8+,9?;4-,6-,7+,8+,9-;4-,5+,6+,7-,8-;3-,4-,5+,6+,7?;;;;;/m1111111...../s1. The molecule has 4 bridgehead atoms. The highest BCUT2D eigenvalue weighted by molar-refractivity contribution is 5.87. The average molecular weight is 1940 g/mol. The summed E-state index contributed by atoms with van der Waals surface area (Å²) in [6.07, 6.45) is -18.1. The molecule has 0 aromatic rings. The summed E-state index contributed by atoms with van der Waals surface area (Å²) in [6, 6.07) is -2.75. The van der Waals surface area contributed by atoms with Gasteiger partial charge in [-0.3, -0.25) is 28.8 Å². The number of carboxylic acid groups (broad SMARTS) is 2. The topological polar surface area (TPSA) is 802 Å². The van der Waals surface area contributed by atoms with Gasteiger partial charge in [-0.05, 0) is 0 Å². The van der Waals surface area contributed by atoms with Crippen molar-refractivity contribution >= 4 is 71.8 Å². The summed E-state index contributed by atoms with van der Waals surface area (Å²) in [5.74, 6) is -12.1. The van der Waals surface area contributed by atoms with Gasteiger partial charge in [0, 0.05) is 140 Å². The first-order chi connectivity index (χ1) is 60.9. The van der Waals surface area contributed by atoms with Crippen molar-refractivity contribution < 1.29 is 231 Å². The van der Waals surface area contributed by atoms with Crippen molar-refractivity contribution in [2.75, 3.05) is 103 Å². The van der Waals surface area contributed by atoms with Crippen molar-refractivity contribution in [3.8, 4) is 0 Å². The van der Waals surface area contributed by atoms with E-state index in [-0.39, 0.29) is 117 Å². The number of ether oxygens (including phenoxy) is 18. The molecule has 37 atom stereocenters. The maximum atomic E-state index is 12.0. The van der Waals surface area contributed by atoms with Gasteiger partial charge in [-0.1, -0.05) is 34.6 Å². The van der Waals surface area contributed by atoms with Crippen molar-refractivity contribution in [3.05, 3.63) is 11.8 Å². The molecule has 0 aliphatic carbocycles. The van der Waals surface area contributed by atoms with E-state index in [0.717, 1.165) is 35.4 Å². The molecule has 9 saturated heterocycles. The Hall–Kier alpha value is -6.71. The number of hydrogen-bond donors (Lipinski definition) is 24. The minimum atomic E-state index is -2.54. The van der Waals surface area contributed by atoms with Crippen LogP contribution in [0.2, 0.25) is 0 Å². The van der Waals surface area contributed by atoms with Gasteiger partial charge in [-0.2, -0.15) is 0 Å². The number of methoxy groups -OCH3 is 5. The maximum Gasteiger partial charge on any atom is 0.373 e. The van der Waals surface area contributed by atoms with E-state index in [1.807, 2.05) is 6.92 Å². The monoisotopic (exact) mass is 1930 g/mol. The van der Waals surface area contributed by atoms with Gasteiger partial charge in [-0.15, -0.1) is 12.4 Å². The predicted octanol–water partition coefficient (Wildman–Crippen LogP) is -10.1. The van der Waals surface area contributed by atoms with Gasteiger partial charge in [0.05, 0.1) is 121 Å². The van der Waals surface area contributed by atoms with Crippen LogP contribution in [0.3, 0.4) is 0 Å². The van der Waals surface area contributed by atoms with Crippen LogP contribution in [0.4, 0.5) is 0 Å². The predicted molar refractivity (Wildman–Crippen MR) is 441 cm³/mol. The van der Waals surface area contributed by atoms with E-state index in [0.29, 0.717) is 19.1 Å². The molecule has 25 N–H and O–H groups in total. The number of hydrogen-bond acceptors (Lipinski definition) is 47. The molecule has 11 aliphatic heterocycles. The number of aliphatic hydroxyl groups is 18. The number of amides is 3. The van der Waals surface area contributed by atoms with Crippen LogP contribution in [0.25, 0.3) is 0 Å². The van der Waals surface area contributed by atoms with Gasteiger partial charge in [0.1, 0.15) is 85.7 Å². The van der Waals surface area contributed by atoms with Crippen molar-refractivity contribution in [2.45, 2.75) is 291 Å². The highest BCUT2D eigenvalue weighted by Gasteiger charge is 2.62. The van der Waals surface area contributed by atoms with Crippen LogP contribution in [0, 0.1) is 29.6 Å². The lowest BCUT2D eigenvalue weighted by Crippen LogP contribution is -2.60. The summed E-state index contributed by atoms with van der Waals surface area (Å²) in [7, 11) is 9.23. The first kappa shape index (κ1) is 124. The lowest BCUT2D eigenvalue weighted by Gasteiger charge is -2.44. The Morgan fingerprint density at radius 1 is 0.534 bits per heavy atom. The molecule has 52 nitrogen and oxygen atoms in total. The number of carboxylic acids is 2. The van der Waals surface area contributed by atoms with Crippen LogP contribution < -0.4 is 21.7 Å². The van der Waals surface area contributed by atoms with Crippen LogP contribution in [-0.4, -0.2) is 460 Å². The molecular formula is C78H140ClN5O47. The molecule has 11 heterocycles. The minimum absolute atomic E-state index is 0. The van der Waals surface area contributed by atoms with Crippen LogP contribution >= 0.6 is 12.4 Å². The minimum Gasteiger partial charge on any atom is -0.481 e. The molecule has 0 aromatic carbocycles. The van der Waals surface area contributed by atoms with Gasteiger partial charge in [-0.25, -0.2) is 19.4 Å². The third-order valence-electron chi connectivity index (χ3n) is 21.6. The summed E-state index contributed by atoms with van der Waals surface area (Å²) in [6.45, 7) is 17.0. The largest absolute Gasteiger partial charge is 0.481 e. The van der Waals surface area contributed by atoms with Crippen molar-refractivity contribution in [1.29, 1.82) is 0 Å². The number of aliphatic imine (C=N–C) groups is 1. The third kappa shape index (κ3) is 36.1. The number of aliphatic carboxylic acids is 2. The Morgan fingerprint density at radius 3 is 1.40 bits per heavy atom. The van der Waals surface area contributed by atoms with E-state index in [1.54, 1.807) is 34.6 Å². The van der Waals surface area contributed by atoms with Crippen molar-refractivity contribution in [2.24, 2.45) is 40.3 Å². The fourth-order valence-corrected chi connectivity index (χ4v) is 14.6. The lowest BCUT2D eigenvalue weighted by molar-refractivity contribution is -0.305. The molecule has 11 rings (SSSR count). The Balaban J connectivity index is 0.00000150. The van der Waals surface area contributed by atoms with Gasteiger partial charge in [0.2, 0.25) is 23.5 Å². The Bertz CT molecular complexity index is 3470. The zero-order valence-corrected chi connectivity index (χ0v) is 77.4. The number of carbonyl (C=O) groups is 9. The smallest absolute Gasteiger partial charge is 0.373 e. The summed E-state index contributed by atoms with van der Waals surface area (Å²) in [5.41, 5.74) is 5.42. The fraction of sp³-hybridized carbons (Fsp3) is 0.846. The number of nitrogens with zero attached hydrogens (tertiary/aromatic N) is 1. The number of rotatable bonds is 22. The second-order valence-corrected chi connectivity index (χ2v) is 30.8. The number of nitrogens with two attached hydrogens (primary N) is 1. The second kappa shape index (κ2) is 60.0. The van der Waals surface area contributed by atoms with E-state index in [2.05, 4.69) is 25.7 Å². The molecule has 53 heteroatoms. The number of carbonyl (C=O) groups excluding carboxylic acids is 7. The summed E-state index contributed by atoms with van der Waals surface area (Å²) >= 11 is 0. The van der Waals surface area contributed by atoms with Gasteiger partial charge in [0.15, 0.2) is 43.3 Å². The zero-order chi connectivity index (χ0) is 100. The molecule has 766 valence electrons. The Labute approximate surface area is 762 Å². The van der Waals surface area contributed by atoms with E-state index >= 15 is 0 Å². The maximum absolute atomic E-state index is 12.0. The zero-order valence-electron chi connectivity index (χ0n) is 76.5. The molecule has 3 amide bonds. The van der Waals surface area contributed by atoms with Gasteiger partial charge in [0.25, 0.3) is 17.5 Å². The number of nitrogens with one attached hydrogen (secondary N) is 3. The molecular weight excluding hydrogens is 1790 g/mol. The van der Waals surface area contributed by atoms with Gasteiger partial charge < -0.3 is 209 Å². The molecule has 0 spiro atoms. The molecule has 9 fully saturated rings. The van der Waals surface area contributed by atoms with Crippen molar-refractivity contribution in [3.63, 3.8) is 0 Å². The fourth-order valence-electron chi connectivity index (χ4n) is 14.6. The summed E-state index contributed by atoms with van der Waals surface area (Å²) in [5, 5.41) is 188. The molecule has 0 aromatic heterocycles. The number of halogens is 1. The third-order valence-corrected chi connectivity index (χ3v) is 21.6. The van der Waals surface area contributed by atoms with Crippen molar-refractivity contribution in [1.82, 2.24) is 16.0 Å². The average Bonchev–Trinajstić information content (AvgIpc) is 1.59. The van der Waals surface area contributed by atoms with Crippen LogP contribution in [0.1, 0.15) is 95.9 Å². The molecule has 131 heavy (non-hydrogen) atoms. The molecule has 11 aliphatic rings. The molecule has 0 saturated carbocycles. The highest BCUT2D eigenvalue weighted by atomic mass is 35.5. The Kier molecular flexibility index (Phi) is 56.9. The SMILES string of the molecule is CC(=O)N[C@@H]1C(O)O[C@H](CO)[C@@H](C)[C@@H]1O.CC(=O)N[C@@H]1[C@@H]2OC[C@@H](O2)[C@@H](C)[C@@H]1O.CC(=O)N[C@@H]1[C@@H]2OC[C@@H](O2)[C@@H]2O[C@H]12.CC(=O)O.CO.CO.CO.COC(=O)C1(O)C[C@H](O)[C@@H](C)[C@H]([C@H](OC)[C@H](O)CO)O1.COC(=O)C1=C[C@H]2OC(C)=N[C@H]2[C@H]([C@H](OC)[C@@H](COC(C)=O)OC(C)=O)O1.CO[C@@H]([C@@H]1OC(O)(C(=O)O)C[C@H](O)[C@H]1C)[C@H](O)CO.C[C@H]1[C@H](O)[C@H](N)C(O)O[C@@H]1CO.Cl. The Morgan fingerprint density at radius 2 is 0.962 bits per heavy atom. The summed E-state index contributed by atoms with van der Waals surface area (Å²) in [4.78, 5) is 103. The quantitative estimate of drug-likeness (QED) is 0.0272. The number of esters is 4. The van der Waals surface area contributed by atoms with Gasteiger partial charge >= 0.3 is 29.8 Å².